The molecule has 4 rings (SSSR count). The highest BCUT2D eigenvalue weighted by molar-refractivity contribution is 5.98. The number of aliphatic hydroxyl groups is 1. The average molecular weight is 369 g/mol. The number of aryl methyl sites for hydroxylation is 1. The number of aromatic nitrogens is 2. The van der Waals surface area contributed by atoms with Gasteiger partial charge >= 0.3 is 0 Å². The summed E-state index contributed by atoms with van der Waals surface area (Å²) in [6.45, 7) is 2.55. The number of β-amino-alcohol motifs (C(OH)–C–C–N with tert-alkyl or cyclic N) is 1. The topological polar surface area (TPSA) is 99.5 Å². The molecule has 0 fully saturated rings. The molecule has 2 aromatic rings. The Labute approximate surface area is 157 Å². The van der Waals surface area contributed by atoms with E-state index < -0.39 is 6.10 Å². The lowest BCUT2D eigenvalue weighted by Crippen LogP contribution is -2.37. The predicted octanol–water partition coefficient (Wildman–Crippen LogP) is 0.170. The van der Waals surface area contributed by atoms with Crippen molar-refractivity contribution in [2.24, 2.45) is 0 Å². The molecule has 2 aliphatic heterocycles. The van der Waals surface area contributed by atoms with E-state index in [1.165, 1.54) is 22.0 Å². The first-order chi connectivity index (χ1) is 13.1. The molecule has 8 nitrogen and oxygen atoms in total. The third kappa shape index (κ3) is 3.66. The van der Waals surface area contributed by atoms with E-state index in [9.17, 15) is 14.7 Å². The van der Waals surface area contributed by atoms with Crippen LogP contribution in [0.1, 0.15) is 33.0 Å². The second kappa shape index (κ2) is 7.40. The van der Waals surface area contributed by atoms with Crippen LogP contribution in [0, 0.1) is 0 Å². The van der Waals surface area contributed by atoms with Crippen molar-refractivity contribution >= 4 is 17.5 Å². The number of amides is 2. The van der Waals surface area contributed by atoms with Crippen LogP contribution in [0.15, 0.2) is 30.3 Å². The van der Waals surface area contributed by atoms with Gasteiger partial charge in [-0.1, -0.05) is 18.2 Å². The molecule has 27 heavy (non-hydrogen) atoms. The summed E-state index contributed by atoms with van der Waals surface area (Å²) in [7, 11) is 0. The van der Waals surface area contributed by atoms with Gasteiger partial charge in [0.15, 0.2) is 5.69 Å². The Kier molecular flexibility index (Phi) is 4.81. The number of benzene rings is 1. The molecule has 0 saturated carbocycles. The van der Waals surface area contributed by atoms with Gasteiger partial charge in [0, 0.05) is 37.9 Å². The minimum atomic E-state index is -0.717. The lowest BCUT2D eigenvalue weighted by atomic mass is 10.0. The fourth-order valence-corrected chi connectivity index (χ4v) is 3.65. The van der Waals surface area contributed by atoms with Crippen LogP contribution in [-0.2, 0) is 13.0 Å². The Hall–Kier alpha value is -2.87. The summed E-state index contributed by atoms with van der Waals surface area (Å²) in [5.41, 5.74) is 3.06. The van der Waals surface area contributed by atoms with E-state index >= 15 is 0 Å². The zero-order valence-corrected chi connectivity index (χ0v) is 15.0. The molecule has 1 aromatic heterocycles. The Bertz CT molecular complexity index is 863. The van der Waals surface area contributed by atoms with Crippen molar-refractivity contribution < 1.29 is 14.7 Å². The van der Waals surface area contributed by atoms with Crippen molar-refractivity contribution in [3.63, 3.8) is 0 Å². The highest BCUT2D eigenvalue weighted by atomic mass is 16.3. The van der Waals surface area contributed by atoms with Gasteiger partial charge in [-0.25, -0.2) is 0 Å². The molecule has 1 aromatic carbocycles. The van der Waals surface area contributed by atoms with Crippen molar-refractivity contribution in [1.82, 2.24) is 20.4 Å². The van der Waals surface area contributed by atoms with E-state index in [0.29, 0.717) is 12.2 Å². The number of rotatable bonds is 4. The number of carbonyl (C=O) groups is 2. The van der Waals surface area contributed by atoms with Crippen LogP contribution in [0.3, 0.4) is 0 Å². The summed E-state index contributed by atoms with van der Waals surface area (Å²) >= 11 is 0. The van der Waals surface area contributed by atoms with Crippen LogP contribution in [0.2, 0.25) is 0 Å². The number of carbonyl (C=O) groups excluding carboxylic acids is 2. The molecular weight excluding hydrogens is 346 g/mol. The number of aliphatic hydroxyl groups excluding tert-OH is 1. The maximum absolute atomic E-state index is 12.4. The van der Waals surface area contributed by atoms with Crippen molar-refractivity contribution in [3.8, 4) is 0 Å². The van der Waals surface area contributed by atoms with E-state index in [-0.39, 0.29) is 30.6 Å². The summed E-state index contributed by atoms with van der Waals surface area (Å²) in [6.07, 6.45) is 1.48. The fraction of sp³-hybridized carbons (Fsp3) is 0.421. The lowest BCUT2D eigenvalue weighted by Gasteiger charge is -2.31. The van der Waals surface area contributed by atoms with Crippen molar-refractivity contribution in [2.45, 2.75) is 25.5 Å². The van der Waals surface area contributed by atoms with E-state index in [1.807, 2.05) is 6.07 Å². The normalized spacial score (nSPS) is 18.9. The number of para-hydroxylation sites is 1. The largest absolute Gasteiger partial charge is 0.389 e. The number of hydrogen-bond donors (Lipinski definition) is 3. The maximum atomic E-state index is 12.4. The third-order valence-corrected chi connectivity index (χ3v) is 5.00. The van der Waals surface area contributed by atoms with Crippen LogP contribution < -0.4 is 15.5 Å². The van der Waals surface area contributed by atoms with Gasteiger partial charge in [0.25, 0.3) is 11.8 Å². The van der Waals surface area contributed by atoms with Crippen LogP contribution in [0.5, 0.6) is 0 Å². The standard InChI is InChI=1S/C19H23N5O3/c25-14-11-21-19(27)17-10-15(22-24(17)12-14)18(26)20-7-9-23-8-3-5-13-4-1-2-6-16(13)23/h1-2,4,6,10,14,25H,3,5,7-9,11-12H2,(H,20,26)(H,21,27)/t14-/m1/s1. The summed E-state index contributed by atoms with van der Waals surface area (Å²) in [5.74, 6) is -0.647. The van der Waals surface area contributed by atoms with Gasteiger partial charge in [0.2, 0.25) is 0 Å². The molecule has 0 bridgehead atoms. The SMILES string of the molecule is O=C(NCCN1CCCc2ccccc21)c1cc2n(n1)C[C@H](O)CNC2=O. The first-order valence-corrected chi connectivity index (χ1v) is 9.27. The Morgan fingerprint density at radius 1 is 1.37 bits per heavy atom. The van der Waals surface area contributed by atoms with Crippen LogP contribution in [-0.4, -0.2) is 59.0 Å². The van der Waals surface area contributed by atoms with E-state index in [0.717, 1.165) is 25.9 Å². The van der Waals surface area contributed by atoms with E-state index in [4.69, 9.17) is 0 Å². The number of nitrogens with one attached hydrogen (secondary N) is 2. The van der Waals surface area contributed by atoms with Gasteiger partial charge in [0.05, 0.1) is 12.6 Å². The lowest BCUT2D eigenvalue weighted by molar-refractivity contribution is 0.0931. The van der Waals surface area contributed by atoms with E-state index in [1.54, 1.807) is 0 Å². The van der Waals surface area contributed by atoms with Gasteiger partial charge < -0.3 is 20.6 Å². The van der Waals surface area contributed by atoms with Gasteiger partial charge in [-0.05, 0) is 24.5 Å². The minimum Gasteiger partial charge on any atom is -0.389 e. The molecule has 3 N–H and O–H groups in total. The molecule has 142 valence electrons. The van der Waals surface area contributed by atoms with Crippen LogP contribution in [0.25, 0.3) is 0 Å². The molecule has 0 radical (unpaired) electrons. The average Bonchev–Trinajstić information content (AvgIpc) is 3.04. The predicted molar refractivity (Wildman–Crippen MR) is 99.9 cm³/mol. The van der Waals surface area contributed by atoms with Crippen LogP contribution >= 0.6 is 0 Å². The summed E-state index contributed by atoms with van der Waals surface area (Å²) < 4.78 is 1.39. The summed E-state index contributed by atoms with van der Waals surface area (Å²) in [5, 5.41) is 19.5. The molecule has 2 amide bonds. The zero-order valence-electron chi connectivity index (χ0n) is 15.0. The summed E-state index contributed by atoms with van der Waals surface area (Å²) in [4.78, 5) is 26.7. The monoisotopic (exact) mass is 369 g/mol. The van der Waals surface area contributed by atoms with Gasteiger partial charge in [0.1, 0.15) is 5.69 Å². The Morgan fingerprint density at radius 3 is 3.11 bits per heavy atom. The quantitative estimate of drug-likeness (QED) is 0.714. The van der Waals surface area contributed by atoms with E-state index in [2.05, 4.69) is 38.8 Å². The molecule has 1 atom stereocenters. The number of fused-ring (bicyclic) bond motifs is 2. The highest BCUT2D eigenvalue weighted by Gasteiger charge is 2.24. The number of hydrogen-bond acceptors (Lipinski definition) is 5. The Morgan fingerprint density at radius 2 is 2.22 bits per heavy atom. The molecule has 8 heteroatoms. The number of anilines is 1. The smallest absolute Gasteiger partial charge is 0.271 e. The Balaban J connectivity index is 1.38. The van der Waals surface area contributed by atoms with Gasteiger partial charge in [-0.15, -0.1) is 0 Å². The first-order valence-electron chi connectivity index (χ1n) is 9.27. The molecule has 0 saturated heterocycles. The summed E-state index contributed by atoms with van der Waals surface area (Å²) in [6, 6.07) is 9.83. The second-order valence-corrected chi connectivity index (χ2v) is 6.94. The molecular formula is C19H23N5O3. The zero-order chi connectivity index (χ0) is 18.8. The minimum absolute atomic E-state index is 0.182. The molecule has 0 unspecified atom stereocenters. The highest BCUT2D eigenvalue weighted by Crippen LogP contribution is 2.26. The van der Waals surface area contributed by atoms with Crippen molar-refractivity contribution in [1.29, 1.82) is 0 Å². The van der Waals surface area contributed by atoms with Crippen molar-refractivity contribution in [2.75, 3.05) is 31.1 Å². The molecule has 0 aliphatic carbocycles. The van der Waals surface area contributed by atoms with Gasteiger partial charge in [-0.3, -0.25) is 14.3 Å². The van der Waals surface area contributed by atoms with Crippen LogP contribution in [0.4, 0.5) is 5.69 Å². The maximum Gasteiger partial charge on any atom is 0.271 e. The first kappa shape index (κ1) is 17.5. The fourth-order valence-electron chi connectivity index (χ4n) is 3.65. The third-order valence-electron chi connectivity index (χ3n) is 5.00. The number of nitrogens with zero attached hydrogens (tertiary/aromatic N) is 3. The molecule has 0 spiro atoms. The van der Waals surface area contributed by atoms with Crippen molar-refractivity contribution in [3.05, 3.63) is 47.3 Å². The van der Waals surface area contributed by atoms with Gasteiger partial charge in [-0.2, -0.15) is 5.10 Å². The molecule has 2 aliphatic rings. The second-order valence-electron chi connectivity index (χ2n) is 6.94. The molecule has 3 heterocycles.